The molecule has 8 atom stereocenters. The Hall–Kier alpha value is -2.01. The third-order valence-electron chi connectivity index (χ3n) is 10.9. The van der Waals surface area contributed by atoms with Crippen molar-refractivity contribution in [2.24, 2.45) is 39.7 Å². The molecule has 0 amide bonds. The Morgan fingerprint density at radius 2 is 2.03 bits per heavy atom. The van der Waals surface area contributed by atoms with E-state index in [9.17, 15) is 24.1 Å². The van der Waals surface area contributed by atoms with Crippen LogP contribution in [0, 0.1) is 39.8 Å². The molecule has 5 rings (SSSR count). The molecule has 1 aromatic rings. The average Bonchev–Trinajstić information content (AvgIpc) is 3.45. The van der Waals surface area contributed by atoms with Gasteiger partial charge in [0.2, 0.25) is 0 Å². The fraction of sp³-hybridized carbons (Fsp3) is 0.714. The van der Waals surface area contributed by atoms with E-state index < -0.39 is 48.5 Å². The molecular formula is C28H39BFNO7. The van der Waals surface area contributed by atoms with Crippen LogP contribution in [0.1, 0.15) is 65.4 Å². The molecular weight excluding hydrogens is 492 g/mol. The molecule has 38 heavy (non-hydrogen) atoms. The molecule has 0 radical (unpaired) electrons. The number of ether oxygens (including phenoxy) is 2. The predicted molar refractivity (Wildman–Crippen MR) is 138 cm³/mol. The summed E-state index contributed by atoms with van der Waals surface area (Å²) < 4.78 is 31.6. The Balaban J connectivity index is 1.44. The van der Waals surface area contributed by atoms with Crippen LogP contribution in [-0.2, 0) is 25.6 Å². The van der Waals surface area contributed by atoms with Gasteiger partial charge in [0.05, 0.1) is 12.7 Å². The Kier molecular flexibility index (Phi) is 6.94. The summed E-state index contributed by atoms with van der Waals surface area (Å²) in [5.74, 6) is -1.82. The summed E-state index contributed by atoms with van der Waals surface area (Å²) in [7, 11) is -1.38. The van der Waals surface area contributed by atoms with E-state index in [2.05, 4.69) is 13.8 Å². The van der Waals surface area contributed by atoms with E-state index in [0.717, 1.165) is 12.8 Å². The van der Waals surface area contributed by atoms with E-state index in [0.29, 0.717) is 24.8 Å². The molecule has 8 unspecified atom stereocenters. The zero-order valence-corrected chi connectivity index (χ0v) is 22.7. The highest BCUT2D eigenvalue weighted by Gasteiger charge is 2.68. The second-order valence-corrected chi connectivity index (χ2v) is 12.6. The lowest BCUT2D eigenvalue weighted by atomic mass is 9.44. The SMILES string of the molecule is CC1C(O)C(C)(CN)CC(OC(=O)COc2ccc3c(c2F)B(O)OC3)C2(C)C(C)CCC13CCC(=O)C32. The predicted octanol–water partition coefficient (Wildman–Crippen LogP) is 2.10. The van der Waals surface area contributed by atoms with Gasteiger partial charge in [-0.1, -0.05) is 33.8 Å². The Labute approximate surface area is 223 Å². The molecule has 1 aliphatic heterocycles. The molecule has 4 N–H and O–H groups in total. The van der Waals surface area contributed by atoms with Crippen molar-refractivity contribution in [3.8, 4) is 5.75 Å². The first-order valence-electron chi connectivity index (χ1n) is 13.7. The van der Waals surface area contributed by atoms with Gasteiger partial charge in [-0.05, 0) is 54.6 Å². The van der Waals surface area contributed by atoms with Crippen LogP contribution in [0.4, 0.5) is 4.39 Å². The van der Waals surface area contributed by atoms with Crippen molar-refractivity contribution in [3.05, 3.63) is 23.5 Å². The van der Waals surface area contributed by atoms with Crippen molar-refractivity contribution < 1.29 is 38.2 Å². The van der Waals surface area contributed by atoms with E-state index >= 15 is 0 Å². The van der Waals surface area contributed by atoms with Crippen LogP contribution in [0.5, 0.6) is 5.75 Å². The highest BCUT2D eigenvalue weighted by atomic mass is 19.1. The summed E-state index contributed by atoms with van der Waals surface area (Å²) in [5.41, 5.74) is 5.03. The smallest absolute Gasteiger partial charge is 0.479 e. The number of esters is 1. The summed E-state index contributed by atoms with van der Waals surface area (Å²) in [4.78, 5) is 26.7. The molecule has 0 saturated heterocycles. The first-order valence-corrected chi connectivity index (χ1v) is 13.7. The Morgan fingerprint density at radius 1 is 1.29 bits per heavy atom. The number of hydrogen-bond acceptors (Lipinski definition) is 8. The molecule has 3 fully saturated rings. The number of fused-ring (bicyclic) bond motifs is 1. The van der Waals surface area contributed by atoms with Crippen molar-refractivity contribution in [2.75, 3.05) is 13.2 Å². The lowest BCUT2D eigenvalue weighted by Crippen LogP contribution is -2.64. The molecule has 1 aromatic carbocycles. The molecule has 3 aliphatic carbocycles. The van der Waals surface area contributed by atoms with Crippen LogP contribution in [0.15, 0.2) is 12.1 Å². The van der Waals surface area contributed by atoms with Crippen LogP contribution in [0.2, 0.25) is 0 Å². The number of hydrogen-bond donors (Lipinski definition) is 3. The van der Waals surface area contributed by atoms with Gasteiger partial charge in [0.25, 0.3) is 0 Å². The zero-order valence-electron chi connectivity index (χ0n) is 22.7. The fourth-order valence-corrected chi connectivity index (χ4v) is 8.26. The lowest BCUT2D eigenvalue weighted by molar-refractivity contribution is -0.211. The van der Waals surface area contributed by atoms with Gasteiger partial charge >= 0.3 is 13.1 Å². The van der Waals surface area contributed by atoms with Crippen molar-refractivity contribution in [1.82, 2.24) is 0 Å². The van der Waals surface area contributed by atoms with E-state index in [1.54, 1.807) is 6.07 Å². The van der Waals surface area contributed by atoms with Gasteiger partial charge in [-0.3, -0.25) is 4.79 Å². The molecule has 10 heteroatoms. The van der Waals surface area contributed by atoms with Gasteiger partial charge in [-0.15, -0.1) is 0 Å². The third kappa shape index (κ3) is 3.93. The topological polar surface area (TPSA) is 128 Å². The Morgan fingerprint density at radius 3 is 2.74 bits per heavy atom. The van der Waals surface area contributed by atoms with Gasteiger partial charge in [0.15, 0.2) is 18.2 Å². The van der Waals surface area contributed by atoms with Crippen molar-refractivity contribution in [2.45, 2.75) is 78.6 Å². The lowest BCUT2D eigenvalue weighted by Gasteiger charge is -2.62. The first-order chi connectivity index (χ1) is 17.9. The third-order valence-corrected chi connectivity index (χ3v) is 10.9. The minimum Gasteiger partial charge on any atom is -0.479 e. The maximum Gasteiger partial charge on any atom is 0.494 e. The number of Topliss-reactive ketones (excluding diaryl/α,β-unsaturated/α-hetero) is 1. The molecule has 2 bridgehead atoms. The average molecular weight is 531 g/mol. The standard InChI is InChI=1S/C28H39BFNO7/c1-15-7-9-28-10-8-18(32)24(28)27(15,4)20(11-26(3,14-31)25(34)16(28)2)38-21(33)13-36-19-6-5-17-12-37-29(35)22(17)23(19)30/h5-6,15-16,20,24-25,34-35H,7-14,31H2,1-4H3. The number of carbonyl (C=O) groups is 2. The second-order valence-electron chi connectivity index (χ2n) is 12.6. The quantitative estimate of drug-likeness (QED) is 0.390. The number of aliphatic hydroxyl groups is 1. The Bertz CT molecular complexity index is 1130. The van der Waals surface area contributed by atoms with Gasteiger partial charge in [-0.25, -0.2) is 9.18 Å². The maximum absolute atomic E-state index is 14.9. The number of aliphatic hydroxyl groups excluding tert-OH is 1. The molecule has 0 spiro atoms. The largest absolute Gasteiger partial charge is 0.494 e. The van der Waals surface area contributed by atoms with Gasteiger partial charge in [-0.2, -0.15) is 0 Å². The number of rotatable bonds is 5. The van der Waals surface area contributed by atoms with Crippen molar-refractivity contribution in [1.29, 1.82) is 0 Å². The summed E-state index contributed by atoms with van der Waals surface area (Å²) >= 11 is 0. The molecule has 0 aromatic heterocycles. The normalized spacial score (nSPS) is 40.3. The number of ketones is 1. The van der Waals surface area contributed by atoms with Crippen LogP contribution in [-0.4, -0.2) is 54.4 Å². The van der Waals surface area contributed by atoms with Crippen LogP contribution in [0.3, 0.4) is 0 Å². The minimum absolute atomic E-state index is 0.0114. The molecule has 8 nitrogen and oxygen atoms in total. The molecule has 4 aliphatic rings. The zero-order chi connectivity index (χ0) is 27.6. The second kappa shape index (κ2) is 9.57. The van der Waals surface area contributed by atoms with Gasteiger partial charge in [0.1, 0.15) is 11.9 Å². The van der Waals surface area contributed by atoms with E-state index in [1.165, 1.54) is 6.07 Å². The maximum atomic E-state index is 14.9. The fourth-order valence-electron chi connectivity index (χ4n) is 8.26. The molecule has 208 valence electrons. The van der Waals surface area contributed by atoms with E-state index in [1.807, 2.05) is 13.8 Å². The molecule has 1 heterocycles. The molecule has 3 saturated carbocycles. The highest BCUT2D eigenvalue weighted by Crippen LogP contribution is 2.67. The first kappa shape index (κ1) is 27.6. The van der Waals surface area contributed by atoms with Crippen molar-refractivity contribution in [3.63, 3.8) is 0 Å². The van der Waals surface area contributed by atoms with Crippen LogP contribution in [0.25, 0.3) is 0 Å². The number of halogens is 1. The number of nitrogens with two attached hydrogens (primary N) is 1. The van der Waals surface area contributed by atoms with Crippen molar-refractivity contribution >= 4 is 24.3 Å². The van der Waals surface area contributed by atoms with Crippen LogP contribution >= 0.6 is 0 Å². The summed E-state index contributed by atoms with van der Waals surface area (Å²) in [6, 6.07) is 2.99. The number of carbonyl (C=O) groups excluding carboxylic acids is 2. The van der Waals surface area contributed by atoms with Gasteiger partial charge < -0.3 is 30.0 Å². The summed E-state index contributed by atoms with van der Waals surface area (Å²) in [5, 5.41) is 21.5. The highest BCUT2D eigenvalue weighted by molar-refractivity contribution is 6.61. The van der Waals surface area contributed by atoms with E-state index in [-0.39, 0.29) is 53.3 Å². The van der Waals surface area contributed by atoms with Gasteiger partial charge in [0, 0.05) is 35.2 Å². The van der Waals surface area contributed by atoms with E-state index in [4.69, 9.17) is 19.9 Å². The number of benzene rings is 1. The summed E-state index contributed by atoms with van der Waals surface area (Å²) in [6.45, 7) is 7.90. The monoisotopic (exact) mass is 531 g/mol. The van der Waals surface area contributed by atoms with Crippen LogP contribution < -0.4 is 15.9 Å². The minimum atomic E-state index is -1.38. The summed E-state index contributed by atoms with van der Waals surface area (Å²) in [6.07, 6.45) is 1.75.